The maximum Gasteiger partial charge on any atom is 0.234 e. The van der Waals surface area contributed by atoms with Crippen LogP contribution in [0.5, 0.6) is 0 Å². The minimum absolute atomic E-state index is 0.134. The van der Waals surface area contributed by atoms with Crippen molar-refractivity contribution in [1.29, 1.82) is 0 Å². The number of allylic oxidation sites excluding steroid dienone is 1. The number of guanidine groups is 1. The lowest BCUT2D eigenvalue weighted by Crippen LogP contribution is -2.26. The Morgan fingerprint density at radius 2 is 2.23 bits per heavy atom. The van der Waals surface area contributed by atoms with Crippen LogP contribution in [0.4, 0.5) is 0 Å². The van der Waals surface area contributed by atoms with Gasteiger partial charge in [0.25, 0.3) is 0 Å². The Morgan fingerprint density at radius 1 is 1.46 bits per heavy atom. The fourth-order valence-electron chi connectivity index (χ4n) is 0.618. The highest BCUT2D eigenvalue weighted by Gasteiger charge is 1.82. The highest BCUT2D eigenvalue weighted by Crippen LogP contribution is 1.92. The summed E-state index contributed by atoms with van der Waals surface area (Å²) in [6.07, 6.45) is 6.44. The molecule has 0 saturated carbocycles. The minimum atomic E-state index is 0.134. The molecule has 0 spiro atoms. The van der Waals surface area contributed by atoms with Crippen molar-refractivity contribution in [3.63, 3.8) is 0 Å². The molecular formula is C8H15N5. The van der Waals surface area contributed by atoms with Gasteiger partial charge in [-0.15, -0.1) is 11.7 Å². The smallest absolute Gasteiger partial charge is 0.234 e. The van der Waals surface area contributed by atoms with E-state index in [1.807, 2.05) is 6.08 Å². The lowest BCUT2D eigenvalue weighted by atomic mass is 10.2. The summed E-state index contributed by atoms with van der Waals surface area (Å²) in [5, 5.41) is 10.6. The molecule has 0 bridgehead atoms. The van der Waals surface area contributed by atoms with Gasteiger partial charge in [-0.3, -0.25) is 0 Å². The average Bonchev–Trinajstić information content (AvgIpc) is 2.11. The van der Waals surface area contributed by atoms with E-state index in [4.69, 9.17) is 5.73 Å². The third-order valence-corrected chi connectivity index (χ3v) is 1.18. The maximum atomic E-state index is 5.30. The molecule has 3 N–H and O–H groups in total. The van der Waals surface area contributed by atoms with Gasteiger partial charge < -0.3 is 5.73 Å². The number of hydrogen-bond acceptors (Lipinski definition) is 3. The van der Waals surface area contributed by atoms with Gasteiger partial charge in [0, 0.05) is 12.9 Å². The van der Waals surface area contributed by atoms with Crippen molar-refractivity contribution < 1.29 is 0 Å². The monoisotopic (exact) mass is 181 g/mol. The predicted molar refractivity (Wildman–Crippen MR) is 56.8 cm³/mol. The summed E-state index contributed by atoms with van der Waals surface area (Å²) in [6.45, 7) is 6.79. The van der Waals surface area contributed by atoms with Crippen molar-refractivity contribution in [2.45, 2.75) is 19.3 Å². The second-order valence-electron chi connectivity index (χ2n) is 2.27. The quantitative estimate of drug-likeness (QED) is 0.209. The van der Waals surface area contributed by atoms with Crippen LogP contribution in [0.3, 0.4) is 0 Å². The normalized spacial score (nSPS) is 11.5. The summed E-state index contributed by atoms with van der Waals surface area (Å²) >= 11 is 0. The highest BCUT2D eigenvalue weighted by molar-refractivity contribution is 5.78. The topological polar surface area (TPSA) is 75.1 Å². The summed E-state index contributed by atoms with van der Waals surface area (Å²) in [6, 6.07) is 0. The number of nitrogens with two attached hydrogens (primary N) is 1. The first-order valence-electron chi connectivity index (χ1n) is 3.99. The number of rotatable bonds is 6. The van der Waals surface area contributed by atoms with Gasteiger partial charge in [-0.05, 0) is 19.3 Å². The van der Waals surface area contributed by atoms with E-state index in [0.29, 0.717) is 0 Å². The number of hydrogen-bond donors (Lipinski definition) is 2. The summed E-state index contributed by atoms with van der Waals surface area (Å²) in [7, 11) is 0. The van der Waals surface area contributed by atoms with E-state index >= 15 is 0 Å². The second kappa shape index (κ2) is 8.45. The first kappa shape index (κ1) is 11.4. The zero-order valence-electron chi connectivity index (χ0n) is 7.61. The van der Waals surface area contributed by atoms with Crippen LogP contribution in [-0.4, -0.2) is 18.9 Å². The molecule has 0 radical (unpaired) electrons. The summed E-state index contributed by atoms with van der Waals surface area (Å²) in [5.74, 6) is 0.134. The molecule has 0 aliphatic rings. The van der Waals surface area contributed by atoms with Crippen LogP contribution in [0.15, 0.2) is 28.0 Å². The van der Waals surface area contributed by atoms with Crippen LogP contribution in [0.1, 0.15) is 19.3 Å². The van der Waals surface area contributed by atoms with Crippen LogP contribution in [0.25, 0.3) is 0 Å². The molecule has 0 saturated heterocycles. The Balaban J connectivity index is 3.54. The molecule has 0 heterocycles. The van der Waals surface area contributed by atoms with Crippen LogP contribution >= 0.6 is 0 Å². The molecule has 0 amide bonds. The van der Waals surface area contributed by atoms with Crippen molar-refractivity contribution in [2.75, 3.05) is 0 Å². The molecule has 5 nitrogen and oxygen atoms in total. The molecule has 13 heavy (non-hydrogen) atoms. The Morgan fingerprint density at radius 3 is 2.85 bits per heavy atom. The van der Waals surface area contributed by atoms with Gasteiger partial charge >= 0.3 is 0 Å². The molecule has 0 unspecified atom stereocenters. The molecule has 0 fully saturated rings. The summed E-state index contributed by atoms with van der Waals surface area (Å²) in [5.41, 5.74) is 7.66. The zero-order chi connectivity index (χ0) is 9.94. The van der Waals surface area contributed by atoms with E-state index in [2.05, 4.69) is 34.0 Å². The Hall–Kier alpha value is -1.65. The third kappa shape index (κ3) is 8.25. The maximum absolute atomic E-state index is 5.30. The standard InChI is InChI=1S/C8H15N5/c1-3-4-5-6-7-11-13-8(9)12-10-2/h3,7H,1-2,4-6H2,(H3,9,12,13). The van der Waals surface area contributed by atoms with Crippen LogP contribution in [0, 0.1) is 0 Å². The number of hydrazone groups is 1. The van der Waals surface area contributed by atoms with E-state index in [1.54, 1.807) is 6.21 Å². The molecule has 0 atom stereocenters. The van der Waals surface area contributed by atoms with Crippen molar-refractivity contribution in [3.05, 3.63) is 12.7 Å². The van der Waals surface area contributed by atoms with E-state index < -0.39 is 0 Å². The lowest BCUT2D eigenvalue weighted by molar-refractivity contribution is 0.900. The largest absolute Gasteiger partial charge is 0.367 e. The van der Waals surface area contributed by atoms with Gasteiger partial charge in [0.2, 0.25) is 5.96 Å². The van der Waals surface area contributed by atoms with Crippen LogP contribution < -0.4 is 11.2 Å². The first-order valence-corrected chi connectivity index (χ1v) is 3.99. The van der Waals surface area contributed by atoms with E-state index in [1.165, 1.54) is 0 Å². The molecule has 0 aliphatic carbocycles. The van der Waals surface area contributed by atoms with Gasteiger partial charge in [-0.2, -0.15) is 10.2 Å². The molecule has 5 heteroatoms. The summed E-state index contributed by atoms with van der Waals surface area (Å²) < 4.78 is 0. The predicted octanol–water partition coefficient (Wildman–Crippen LogP) is 0.848. The molecule has 0 aromatic heterocycles. The highest BCUT2D eigenvalue weighted by atomic mass is 15.4. The first-order chi connectivity index (χ1) is 6.31. The second-order valence-corrected chi connectivity index (χ2v) is 2.27. The fraction of sp³-hybridized carbons (Fsp3) is 0.375. The average molecular weight is 181 g/mol. The molecule has 0 aromatic rings. The SMILES string of the molecule is C=CCCCC=N/N=C(\N)NN=C. The summed E-state index contributed by atoms with van der Waals surface area (Å²) in [4.78, 5) is 0. The van der Waals surface area contributed by atoms with E-state index in [9.17, 15) is 0 Å². The van der Waals surface area contributed by atoms with Crippen molar-refractivity contribution >= 4 is 18.9 Å². The Bertz CT molecular complexity index is 207. The molecule has 0 aliphatic heterocycles. The van der Waals surface area contributed by atoms with E-state index in [0.717, 1.165) is 19.3 Å². The van der Waals surface area contributed by atoms with Gasteiger partial charge in [0.1, 0.15) is 0 Å². The molecule has 0 rings (SSSR count). The van der Waals surface area contributed by atoms with Gasteiger partial charge in [0.05, 0.1) is 0 Å². The van der Waals surface area contributed by atoms with Crippen molar-refractivity contribution in [3.8, 4) is 0 Å². The number of nitrogens with zero attached hydrogens (tertiary/aromatic N) is 3. The minimum Gasteiger partial charge on any atom is -0.367 e. The lowest BCUT2D eigenvalue weighted by Gasteiger charge is -1.92. The van der Waals surface area contributed by atoms with Gasteiger partial charge in [-0.1, -0.05) is 6.08 Å². The van der Waals surface area contributed by atoms with E-state index in [-0.39, 0.29) is 5.96 Å². The fourth-order valence-corrected chi connectivity index (χ4v) is 0.618. The van der Waals surface area contributed by atoms with Gasteiger partial charge in [-0.25, -0.2) is 5.43 Å². The molecule has 72 valence electrons. The van der Waals surface area contributed by atoms with Gasteiger partial charge in [0.15, 0.2) is 0 Å². The van der Waals surface area contributed by atoms with Crippen LogP contribution in [0.2, 0.25) is 0 Å². The van der Waals surface area contributed by atoms with Crippen molar-refractivity contribution in [1.82, 2.24) is 5.43 Å². The molecular weight excluding hydrogens is 166 g/mol. The Kier molecular flexibility index (Phi) is 7.37. The van der Waals surface area contributed by atoms with Crippen molar-refractivity contribution in [2.24, 2.45) is 21.0 Å². The molecule has 0 aromatic carbocycles. The third-order valence-electron chi connectivity index (χ3n) is 1.18. The Labute approximate surface area is 78.1 Å². The number of unbranched alkanes of at least 4 members (excludes halogenated alkanes) is 2. The van der Waals surface area contributed by atoms with Crippen LogP contribution in [-0.2, 0) is 0 Å². The number of nitrogens with one attached hydrogen (secondary N) is 1. The zero-order valence-corrected chi connectivity index (χ0v) is 7.61.